The molecule has 0 heterocycles. The third kappa shape index (κ3) is 2.89. The van der Waals surface area contributed by atoms with E-state index in [2.05, 4.69) is 0 Å². The average Bonchev–Trinajstić information content (AvgIpc) is 1.96. The molecule has 0 saturated heterocycles. The molecular formula is C11H16ClNO. The lowest BCUT2D eigenvalue weighted by molar-refractivity contribution is 0.450. The molecule has 2 nitrogen and oxygen atoms in total. The molecule has 14 heavy (non-hydrogen) atoms. The van der Waals surface area contributed by atoms with E-state index in [1.54, 1.807) is 6.07 Å². The van der Waals surface area contributed by atoms with Gasteiger partial charge in [0.05, 0.1) is 5.02 Å². The van der Waals surface area contributed by atoms with Crippen LogP contribution in [0, 0.1) is 6.92 Å². The second-order valence-electron chi connectivity index (χ2n) is 4.42. The van der Waals surface area contributed by atoms with E-state index in [9.17, 15) is 5.11 Å². The van der Waals surface area contributed by atoms with Crippen molar-refractivity contribution in [2.75, 3.05) is 0 Å². The second kappa shape index (κ2) is 3.79. The van der Waals surface area contributed by atoms with E-state index in [4.69, 9.17) is 17.3 Å². The van der Waals surface area contributed by atoms with Crippen molar-refractivity contribution in [1.82, 2.24) is 0 Å². The molecule has 0 unspecified atom stereocenters. The zero-order chi connectivity index (χ0) is 10.9. The van der Waals surface area contributed by atoms with Gasteiger partial charge in [-0.25, -0.2) is 0 Å². The Kier molecular flexibility index (Phi) is 3.07. The first kappa shape index (κ1) is 11.3. The average molecular weight is 214 g/mol. The first-order valence-electron chi connectivity index (χ1n) is 4.56. The number of aromatic hydroxyl groups is 1. The predicted molar refractivity (Wildman–Crippen MR) is 59.8 cm³/mol. The summed E-state index contributed by atoms with van der Waals surface area (Å²) in [5.41, 5.74) is 7.39. The molecule has 0 saturated carbocycles. The summed E-state index contributed by atoms with van der Waals surface area (Å²) in [6, 6.07) is 3.65. The van der Waals surface area contributed by atoms with Crippen LogP contribution in [0.25, 0.3) is 0 Å². The maximum absolute atomic E-state index is 9.70. The maximum atomic E-state index is 9.70. The monoisotopic (exact) mass is 213 g/mol. The standard InChI is InChI=1S/C11H16ClNO/c1-7-4-8(6-11(2,3)13)10(14)9(12)5-7/h4-5,14H,6,13H2,1-3H3. The number of hydrogen-bond donors (Lipinski definition) is 2. The molecule has 0 aromatic heterocycles. The molecule has 3 N–H and O–H groups in total. The maximum Gasteiger partial charge on any atom is 0.137 e. The van der Waals surface area contributed by atoms with Crippen molar-refractivity contribution in [2.45, 2.75) is 32.7 Å². The molecule has 0 fully saturated rings. The van der Waals surface area contributed by atoms with Gasteiger partial charge in [-0.15, -0.1) is 0 Å². The van der Waals surface area contributed by atoms with E-state index in [-0.39, 0.29) is 11.3 Å². The van der Waals surface area contributed by atoms with Crippen molar-refractivity contribution in [3.63, 3.8) is 0 Å². The van der Waals surface area contributed by atoms with Gasteiger partial charge in [0, 0.05) is 5.54 Å². The number of phenols is 1. The number of phenolic OH excluding ortho intramolecular Hbond substituents is 1. The Morgan fingerprint density at radius 2 is 2.00 bits per heavy atom. The Bertz CT molecular complexity index is 342. The molecule has 78 valence electrons. The van der Waals surface area contributed by atoms with Gasteiger partial charge in [0.2, 0.25) is 0 Å². The van der Waals surface area contributed by atoms with Gasteiger partial charge in [0.1, 0.15) is 5.75 Å². The van der Waals surface area contributed by atoms with Gasteiger partial charge in [0.25, 0.3) is 0 Å². The minimum absolute atomic E-state index is 0.149. The van der Waals surface area contributed by atoms with Gasteiger partial charge in [0.15, 0.2) is 0 Å². The Morgan fingerprint density at radius 1 is 1.43 bits per heavy atom. The van der Waals surface area contributed by atoms with Crippen LogP contribution >= 0.6 is 11.6 Å². The third-order valence-electron chi connectivity index (χ3n) is 1.93. The molecule has 0 spiro atoms. The van der Waals surface area contributed by atoms with Crippen LogP contribution in [-0.4, -0.2) is 10.6 Å². The van der Waals surface area contributed by atoms with Gasteiger partial charge in [-0.05, 0) is 44.4 Å². The summed E-state index contributed by atoms with van der Waals surface area (Å²) in [5, 5.41) is 10.1. The van der Waals surface area contributed by atoms with Crippen LogP contribution < -0.4 is 5.73 Å². The number of nitrogens with two attached hydrogens (primary N) is 1. The van der Waals surface area contributed by atoms with Crippen molar-refractivity contribution in [2.24, 2.45) is 5.73 Å². The smallest absolute Gasteiger partial charge is 0.137 e. The fourth-order valence-electron chi connectivity index (χ4n) is 1.43. The number of aryl methyl sites for hydroxylation is 1. The highest BCUT2D eigenvalue weighted by Crippen LogP contribution is 2.30. The van der Waals surface area contributed by atoms with Crippen molar-refractivity contribution in [3.8, 4) is 5.75 Å². The Balaban J connectivity index is 3.09. The summed E-state index contributed by atoms with van der Waals surface area (Å²) in [6.45, 7) is 5.78. The Hall–Kier alpha value is -0.730. The number of benzene rings is 1. The molecule has 0 radical (unpaired) electrons. The molecule has 0 amide bonds. The molecule has 1 aromatic carbocycles. The number of halogens is 1. The predicted octanol–water partition coefficient (Wildman–Crippen LogP) is 2.63. The Labute approximate surface area is 89.7 Å². The highest BCUT2D eigenvalue weighted by atomic mass is 35.5. The third-order valence-corrected chi connectivity index (χ3v) is 2.22. The summed E-state index contributed by atoms with van der Waals surface area (Å²) >= 11 is 5.86. The van der Waals surface area contributed by atoms with Crippen molar-refractivity contribution < 1.29 is 5.11 Å². The fourth-order valence-corrected chi connectivity index (χ4v) is 1.73. The van der Waals surface area contributed by atoms with E-state index in [1.807, 2.05) is 26.8 Å². The largest absolute Gasteiger partial charge is 0.506 e. The van der Waals surface area contributed by atoms with Gasteiger partial charge in [-0.3, -0.25) is 0 Å². The molecule has 0 bridgehead atoms. The molecule has 0 aliphatic rings. The zero-order valence-electron chi connectivity index (χ0n) is 8.76. The van der Waals surface area contributed by atoms with E-state index in [0.29, 0.717) is 11.4 Å². The fraction of sp³-hybridized carbons (Fsp3) is 0.455. The molecule has 3 heteroatoms. The first-order valence-corrected chi connectivity index (χ1v) is 4.94. The van der Waals surface area contributed by atoms with Crippen LogP contribution in [0.1, 0.15) is 25.0 Å². The van der Waals surface area contributed by atoms with E-state index in [0.717, 1.165) is 11.1 Å². The molecule has 1 aromatic rings. The normalized spacial score (nSPS) is 11.8. The second-order valence-corrected chi connectivity index (χ2v) is 4.83. The van der Waals surface area contributed by atoms with E-state index >= 15 is 0 Å². The molecule has 0 atom stereocenters. The molecule has 1 rings (SSSR count). The van der Waals surface area contributed by atoms with Gasteiger partial charge in [-0.2, -0.15) is 0 Å². The van der Waals surface area contributed by atoms with Crippen LogP contribution in [0.15, 0.2) is 12.1 Å². The van der Waals surface area contributed by atoms with Crippen LogP contribution in [0.2, 0.25) is 5.02 Å². The van der Waals surface area contributed by atoms with E-state index in [1.165, 1.54) is 0 Å². The summed E-state index contributed by atoms with van der Waals surface area (Å²) in [5.74, 6) is 0.149. The minimum atomic E-state index is -0.339. The van der Waals surface area contributed by atoms with Crippen LogP contribution in [0.5, 0.6) is 5.75 Å². The SMILES string of the molecule is Cc1cc(Cl)c(O)c(CC(C)(C)N)c1. The molecule has 0 aliphatic carbocycles. The minimum Gasteiger partial charge on any atom is -0.506 e. The summed E-state index contributed by atoms with van der Waals surface area (Å²) < 4.78 is 0. The van der Waals surface area contributed by atoms with Crippen molar-refractivity contribution >= 4 is 11.6 Å². The van der Waals surface area contributed by atoms with Gasteiger partial charge < -0.3 is 10.8 Å². The summed E-state index contributed by atoms with van der Waals surface area (Å²) in [4.78, 5) is 0. The molecular weight excluding hydrogens is 198 g/mol. The van der Waals surface area contributed by atoms with Crippen molar-refractivity contribution in [3.05, 3.63) is 28.3 Å². The van der Waals surface area contributed by atoms with Crippen molar-refractivity contribution in [1.29, 1.82) is 0 Å². The number of rotatable bonds is 2. The molecule has 0 aliphatic heterocycles. The number of hydrogen-bond acceptors (Lipinski definition) is 2. The summed E-state index contributed by atoms with van der Waals surface area (Å²) in [7, 11) is 0. The lowest BCUT2D eigenvalue weighted by Gasteiger charge is -2.19. The lowest BCUT2D eigenvalue weighted by atomic mass is 9.94. The highest BCUT2D eigenvalue weighted by Gasteiger charge is 2.16. The van der Waals surface area contributed by atoms with Crippen LogP contribution in [0.3, 0.4) is 0 Å². The first-order chi connectivity index (χ1) is 6.29. The quantitative estimate of drug-likeness (QED) is 0.794. The highest BCUT2D eigenvalue weighted by molar-refractivity contribution is 6.32. The summed E-state index contributed by atoms with van der Waals surface area (Å²) in [6.07, 6.45) is 0.611. The Morgan fingerprint density at radius 3 is 2.50 bits per heavy atom. The topological polar surface area (TPSA) is 46.2 Å². The van der Waals surface area contributed by atoms with Crippen LogP contribution in [0.4, 0.5) is 0 Å². The lowest BCUT2D eigenvalue weighted by Crippen LogP contribution is -2.34. The zero-order valence-corrected chi connectivity index (χ0v) is 9.52. The van der Waals surface area contributed by atoms with Crippen LogP contribution in [-0.2, 0) is 6.42 Å². The van der Waals surface area contributed by atoms with E-state index < -0.39 is 0 Å². The van der Waals surface area contributed by atoms with Gasteiger partial charge >= 0.3 is 0 Å². The van der Waals surface area contributed by atoms with Gasteiger partial charge in [-0.1, -0.05) is 17.7 Å².